The summed E-state index contributed by atoms with van der Waals surface area (Å²) in [5.74, 6) is -0.623. The van der Waals surface area contributed by atoms with E-state index in [1.54, 1.807) is 0 Å². The number of pyridine rings is 1. The molecule has 0 unspecified atom stereocenters. The lowest BCUT2D eigenvalue weighted by molar-refractivity contribution is -0.139. The van der Waals surface area contributed by atoms with E-state index in [2.05, 4.69) is 9.72 Å². The zero-order valence-electron chi connectivity index (χ0n) is 8.22. The lowest BCUT2D eigenvalue weighted by Gasteiger charge is -2.05. The number of aromatic amines is 1. The van der Waals surface area contributed by atoms with Crippen LogP contribution in [-0.4, -0.2) is 18.1 Å². The first kappa shape index (κ1) is 12.6. The van der Waals surface area contributed by atoms with Gasteiger partial charge in [-0.2, -0.15) is 0 Å². The van der Waals surface area contributed by atoms with Crippen molar-refractivity contribution in [3.63, 3.8) is 0 Å². The molecule has 88 valence electrons. The Kier molecular flexibility index (Phi) is 4.00. The highest BCUT2D eigenvalue weighted by atomic mass is 35.5. The Hall–Kier alpha value is -1.43. The molecule has 4 nitrogen and oxygen atoms in total. The van der Waals surface area contributed by atoms with E-state index in [1.807, 2.05) is 0 Å². The lowest BCUT2D eigenvalue weighted by atomic mass is 10.2. The van der Waals surface area contributed by atoms with Gasteiger partial charge in [0.05, 0.1) is 19.1 Å². The number of ether oxygens (including phenoxy) is 1. The van der Waals surface area contributed by atoms with Crippen LogP contribution in [0.2, 0.25) is 5.02 Å². The molecular weight excluding hydrogens is 244 g/mol. The summed E-state index contributed by atoms with van der Waals surface area (Å²) >= 11 is 5.56. The molecule has 1 aromatic rings. The van der Waals surface area contributed by atoms with E-state index in [1.165, 1.54) is 7.11 Å². The van der Waals surface area contributed by atoms with Crippen molar-refractivity contribution in [3.8, 4) is 0 Å². The van der Waals surface area contributed by atoms with Gasteiger partial charge in [-0.1, -0.05) is 11.6 Å². The molecule has 0 aliphatic carbocycles. The van der Waals surface area contributed by atoms with Crippen LogP contribution in [0.25, 0.3) is 0 Å². The Morgan fingerprint density at radius 3 is 2.75 bits per heavy atom. The molecule has 0 radical (unpaired) electrons. The van der Waals surface area contributed by atoms with Crippen LogP contribution in [0.3, 0.4) is 0 Å². The van der Waals surface area contributed by atoms with Gasteiger partial charge in [0.25, 0.3) is 6.43 Å². The van der Waals surface area contributed by atoms with Crippen LogP contribution in [0.15, 0.2) is 11.0 Å². The van der Waals surface area contributed by atoms with Crippen LogP contribution in [0.5, 0.6) is 0 Å². The molecule has 0 spiro atoms. The van der Waals surface area contributed by atoms with Gasteiger partial charge in [-0.15, -0.1) is 0 Å². The van der Waals surface area contributed by atoms with E-state index in [0.717, 1.165) is 6.20 Å². The maximum absolute atomic E-state index is 12.3. The highest BCUT2D eigenvalue weighted by Crippen LogP contribution is 2.18. The maximum atomic E-state index is 12.3. The molecule has 0 fully saturated rings. The molecule has 1 N–H and O–H groups in total. The summed E-state index contributed by atoms with van der Waals surface area (Å²) in [6.07, 6.45) is -2.33. The summed E-state index contributed by atoms with van der Waals surface area (Å²) in [4.78, 5) is 24.6. The fourth-order valence-electron chi connectivity index (χ4n) is 1.06. The van der Waals surface area contributed by atoms with Crippen molar-refractivity contribution in [2.75, 3.05) is 7.11 Å². The van der Waals surface area contributed by atoms with Gasteiger partial charge in [-0.05, 0) is 0 Å². The Morgan fingerprint density at radius 1 is 1.62 bits per heavy atom. The predicted molar refractivity (Wildman–Crippen MR) is 52.7 cm³/mol. The van der Waals surface area contributed by atoms with Crippen molar-refractivity contribution < 1.29 is 18.3 Å². The van der Waals surface area contributed by atoms with Gasteiger partial charge >= 0.3 is 5.97 Å². The van der Waals surface area contributed by atoms with Gasteiger partial charge in [0.15, 0.2) is 0 Å². The first-order valence-electron chi connectivity index (χ1n) is 4.22. The number of rotatable bonds is 3. The zero-order chi connectivity index (χ0) is 12.3. The highest BCUT2D eigenvalue weighted by molar-refractivity contribution is 6.31. The van der Waals surface area contributed by atoms with Crippen LogP contribution >= 0.6 is 11.6 Å². The third-order valence-corrected chi connectivity index (χ3v) is 2.31. The minimum absolute atomic E-state index is 0.0583. The molecule has 0 bridgehead atoms. The summed E-state index contributed by atoms with van der Waals surface area (Å²) < 4.78 is 29.0. The molecule has 0 amide bonds. The standard InChI is InChI=1S/C9H8ClF2NO3/c1-16-6(14)2-5-7(10)8(15)4(3-13-5)9(11)12/h3,9H,2H2,1H3,(H,13,15). The van der Waals surface area contributed by atoms with Gasteiger partial charge in [0.1, 0.15) is 5.02 Å². The van der Waals surface area contributed by atoms with Crippen molar-refractivity contribution in [1.82, 2.24) is 4.98 Å². The first-order chi connectivity index (χ1) is 7.47. The molecule has 1 heterocycles. The van der Waals surface area contributed by atoms with Crippen LogP contribution in [0.4, 0.5) is 8.78 Å². The van der Waals surface area contributed by atoms with Gasteiger partial charge in [0, 0.05) is 11.9 Å². The average Bonchev–Trinajstić information content (AvgIpc) is 2.24. The smallest absolute Gasteiger partial charge is 0.311 e. The van der Waals surface area contributed by atoms with Crippen molar-refractivity contribution in [3.05, 3.63) is 32.7 Å². The number of methoxy groups -OCH3 is 1. The third kappa shape index (κ3) is 2.57. The largest absolute Gasteiger partial charge is 0.469 e. The Bertz CT molecular complexity index is 459. The number of hydrogen-bond donors (Lipinski definition) is 1. The fraction of sp³-hybridized carbons (Fsp3) is 0.333. The van der Waals surface area contributed by atoms with E-state index in [-0.39, 0.29) is 12.1 Å². The number of carbonyl (C=O) groups excluding carboxylic acids is 1. The molecule has 0 aliphatic rings. The van der Waals surface area contributed by atoms with Crippen LogP contribution in [-0.2, 0) is 16.0 Å². The SMILES string of the molecule is COC(=O)Cc1[nH]cc(C(F)F)c(=O)c1Cl. The van der Waals surface area contributed by atoms with E-state index in [4.69, 9.17) is 11.6 Å². The first-order valence-corrected chi connectivity index (χ1v) is 4.60. The molecule has 1 aromatic heterocycles. The second kappa shape index (κ2) is 5.07. The topological polar surface area (TPSA) is 59.2 Å². The summed E-state index contributed by atoms with van der Waals surface area (Å²) in [5.41, 5.74) is -1.64. The molecular formula is C9H8ClF2NO3. The predicted octanol–water partition coefficient (Wildman–Crippen LogP) is 1.68. The number of aromatic nitrogens is 1. The molecule has 1 rings (SSSR count). The van der Waals surface area contributed by atoms with E-state index < -0.39 is 28.4 Å². The van der Waals surface area contributed by atoms with E-state index in [0.29, 0.717) is 0 Å². The molecule has 16 heavy (non-hydrogen) atoms. The number of H-pyrrole nitrogens is 1. The fourth-order valence-corrected chi connectivity index (χ4v) is 1.30. The van der Waals surface area contributed by atoms with Gasteiger partial charge in [-0.25, -0.2) is 8.78 Å². The number of alkyl halides is 2. The quantitative estimate of drug-likeness (QED) is 0.832. The Balaban J connectivity index is 3.12. The van der Waals surface area contributed by atoms with E-state index in [9.17, 15) is 18.4 Å². The zero-order valence-corrected chi connectivity index (χ0v) is 8.98. The highest BCUT2D eigenvalue weighted by Gasteiger charge is 2.18. The minimum atomic E-state index is -2.91. The van der Waals surface area contributed by atoms with Crippen LogP contribution < -0.4 is 5.43 Å². The number of nitrogens with one attached hydrogen (secondary N) is 1. The maximum Gasteiger partial charge on any atom is 0.311 e. The van der Waals surface area contributed by atoms with Crippen molar-refractivity contribution >= 4 is 17.6 Å². The molecule has 0 saturated carbocycles. The number of halogens is 3. The van der Waals surface area contributed by atoms with Gasteiger partial charge < -0.3 is 9.72 Å². The second-order valence-electron chi connectivity index (χ2n) is 2.92. The monoisotopic (exact) mass is 251 g/mol. The van der Waals surface area contributed by atoms with Crippen molar-refractivity contribution in [2.45, 2.75) is 12.8 Å². The molecule has 0 aliphatic heterocycles. The normalized spacial score (nSPS) is 10.6. The van der Waals surface area contributed by atoms with E-state index >= 15 is 0 Å². The summed E-state index contributed by atoms with van der Waals surface area (Å²) in [5, 5.41) is -0.414. The Morgan fingerprint density at radius 2 is 2.25 bits per heavy atom. The van der Waals surface area contributed by atoms with Crippen molar-refractivity contribution in [2.24, 2.45) is 0 Å². The third-order valence-electron chi connectivity index (χ3n) is 1.91. The van der Waals surface area contributed by atoms with Crippen LogP contribution in [0, 0.1) is 0 Å². The van der Waals surface area contributed by atoms with Gasteiger partial charge in [0.2, 0.25) is 5.43 Å². The number of carbonyl (C=O) groups is 1. The average molecular weight is 252 g/mol. The number of hydrogen-bond acceptors (Lipinski definition) is 3. The molecule has 7 heteroatoms. The summed E-state index contributed by atoms with van der Waals surface area (Å²) in [6.45, 7) is 0. The second-order valence-corrected chi connectivity index (χ2v) is 3.30. The van der Waals surface area contributed by atoms with Gasteiger partial charge in [-0.3, -0.25) is 9.59 Å². The van der Waals surface area contributed by atoms with Crippen LogP contribution in [0.1, 0.15) is 17.7 Å². The number of esters is 1. The molecule has 0 aromatic carbocycles. The minimum Gasteiger partial charge on any atom is -0.469 e. The summed E-state index contributed by atoms with van der Waals surface area (Å²) in [7, 11) is 1.17. The Labute approximate surface area is 94.2 Å². The molecule has 0 atom stereocenters. The molecule has 0 saturated heterocycles. The summed E-state index contributed by atoms with van der Waals surface area (Å²) in [6, 6.07) is 0. The van der Waals surface area contributed by atoms with Crippen molar-refractivity contribution in [1.29, 1.82) is 0 Å². The lowest BCUT2D eigenvalue weighted by Crippen LogP contribution is -2.16.